The summed E-state index contributed by atoms with van der Waals surface area (Å²) in [6.07, 6.45) is 0.406. The van der Waals surface area contributed by atoms with Gasteiger partial charge >= 0.3 is 0 Å². The fourth-order valence-corrected chi connectivity index (χ4v) is 4.32. The number of sulfone groups is 1. The zero-order valence-electron chi connectivity index (χ0n) is 10.4. The third-order valence-electron chi connectivity index (χ3n) is 2.85. The summed E-state index contributed by atoms with van der Waals surface area (Å²) < 4.78 is 48.5. The molecule has 1 aliphatic heterocycles. The normalized spacial score (nSPS) is 20.8. The molecule has 8 heteroatoms. The van der Waals surface area contributed by atoms with Crippen molar-refractivity contribution in [2.24, 2.45) is 0 Å². The lowest BCUT2D eigenvalue weighted by Gasteiger charge is -2.10. The number of carbonyl (C=O) groups is 1. The van der Waals surface area contributed by atoms with E-state index in [4.69, 9.17) is 0 Å². The second-order valence-electron chi connectivity index (χ2n) is 4.53. The van der Waals surface area contributed by atoms with E-state index in [-0.39, 0.29) is 34.1 Å². The molecule has 1 amide bonds. The van der Waals surface area contributed by atoms with Crippen molar-refractivity contribution in [3.8, 4) is 0 Å². The molecule has 0 bridgehead atoms. The number of rotatable bonds is 4. The largest absolute Gasteiger partial charge is 0.352 e. The van der Waals surface area contributed by atoms with Gasteiger partial charge in [0, 0.05) is 17.0 Å². The molecule has 1 aromatic rings. The number of hydrogen-bond acceptors (Lipinski definition) is 4. The van der Waals surface area contributed by atoms with Crippen LogP contribution in [-0.2, 0) is 14.6 Å². The van der Waals surface area contributed by atoms with Crippen molar-refractivity contribution in [1.82, 2.24) is 5.32 Å². The van der Waals surface area contributed by atoms with E-state index >= 15 is 0 Å². The van der Waals surface area contributed by atoms with Crippen LogP contribution >= 0.6 is 11.8 Å². The van der Waals surface area contributed by atoms with Crippen LogP contribution in [0.5, 0.6) is 0 Å². The number of benzene rings is 1. The van der Waals surface area contributed by atoms with Gasteiger partial charge in [0.05, 0.1) is 17.3 Å². The van der Waals surface area contributed by atoms with E-state index in [0.717, 1.165) is 23.9 Å². The molecule has 0 unspecified atom stereocenters. The lowest BCUT2D eigenvalue weighted by molar-refractivity contribution is -0.119. The van der Waals surface area contributed by atoms with Crippen molar-refractivity contribution < 1.29 is 22.0 Å². The van der Waals surface area contributed by atoms with E-state index in [2.05, 4.69) is 5.32 Å². The molecule has 110 valence electrons. The predicted molar refractivity (Wildman–Crippen MR) is 72.3 cm³/mol. The zero-order valence-corrected chi connectivity index (χ0v) is 12.1. The van der Waals surface area contributed by atoms with Gasteiger partial charge in [-0.25, -0.2) is 17.2 Å². The van der Waals surface area contributed by atoms with Crippen LogP contribution in [0.3, 0.4) is 0 Å². The minimum absolute atomic E-state index is 0.0426. The van der Waals surface area contributed by atoms with Crippen LogP contribution in [0.1, 0.15) is 6.42 Å². The van der Waals surface area contributed by atoms with E-state index in [1.54, 1.807) is 0 Å². The van der Waals surface area contributed by atoms with Gasteiger partial charge in [0.2, 0.25) is 5.91 Å². The number of amides is 1. The Kier molecular flexibility index (Phi) is 4.64. The van der Waals surface area contributed by atoms with Gasteiger partial charge in [-0.3, -0.25) is 4.79 Å². The Morgan fingerprint density at radius 2 is 2.15 bits per heavy atom. The average Bonchev–Trinajstić information content (AvgIpc) is 2.67. The molecule has 1 fully saturated rings. The number of hydrogen-bond donors (Lipinski definition) is 1. The first kappa shape index (κ1) is 15.2. The van der Waals surface area contributed by atoms with Crippen LogP contribution in [0.25, 0.3) is 0 Å². The van der Waals surface area contributed by atoms with Gasteiger partial charge in [-0.05, 0) is 18.6 Å². The summed E-state index contributed by atoms with van der Waals surface area (Å²) in [4.78, 5) is 11.8. The number of nitrogens with one attached hydrogen (secondary N) is 1. The smallest absolute Gasteiger partial charge is 0.230 e. The van der Waals surface area contributed by atoms with Gasteiger partial charge in [-0.15, -0.1) is 11.8 Å². The molecule has 0 spiro atoms. The summed E-state index contributed by atoms with van der Waals surface area (Å²) in [6.45, 7) is 0. The Bertz CT molecular complexity index is 619. The van der Waals surface area contributed by atoms with Crippen molar-refractivity contribution in [2.75, 3.05) is 17.3 Å². The fourth-order valence-electron chi connectivity index (χ4n) is 1.91. The molecule has 1 saturated heterocycles. The minimum Gasteiger partial charge on any atom is -0.352 e. The fraction of sp³-hybridized carbons (Fsp3) is 0.417. The van der Waals surface area contributed by atoms with Crippen molar-refractivity contribution in [3.05, 3.63) is 29.8 Å². The molecule has 0 saturated carbocycles. The first-order valence-electron chi connectivity index (χ1n) is 5.93. The standard InChI is InChI=1S/C12H13F2NO3S2/c13-8-1-2-11(10(14)5-8)19-6-12(16)15-9-3-4-20(17,18)7-9/h1-2,5,9H,3-4,6-7H2,(H,15,16)/t9-/m1/s1. The Hall–Kier alpha value is -1.15. The maximum absolute atomic E-state index is 13.3. The second-order valence-corrected chi connectivity index (χ2v) is 7.78. The summed E-state index contributed by atoms with van der Waals surface area (Å²) in [5.74, 6) is -1.76. The van der Waals surface area contributed by atoms with Gasteiger partial charge < -0.3 is 5.32 Å². The quantitative estimate of drug-likeness (QED) is 0.851. The number of carbonyl (C=O) groups excluding carboxylic acids is 1. The number of halogens is 2. The van der Waals surface area contributed by atoms with E-state index in [0.29, 0.717) is 6.42 Å². The van der Waals surface area contributed by atoms with E-state index in [1.807, 2.05) is 0 Å². The summed E-state index contributed by atoms with van der Waals surface area (Å²) in [6, 6.07) is 2.77. The van der Waals surface area contributed by atoms with Crippen LogP contribution in [0.15, 0.2) is 23.1 Å². The Morgan fingerprint density at radius 1 is 1.40 bits per heavy atom. The minimum atomic E-state index is -3.04. The van der Waals surface area contributed by atoms with Crippen LogP contribution in [0, 0.1) is 11.6 Å². The van der Waals surface area contributed by atoms with Crippen LogP contribution in [0.4, 0.5) is 8.78 Å². The average molecular weight is 321 g/mol. The van der Waals surface area contributed by atoms with Crippen molar-refractivity contribution in [2.45, 2.75) is 17.4 Å². The molecular formula is C12H13F2NO3S2. The molecule has 4 nitrogen and oxygen atoms in total. The Balaban J connectivity index is 1.84. The summed E-state index contributed by atoms with van der Waals surface area (Å²) in [7, 11) is -3.04. The first-order chi connectivity index (χ1) is 9.35. The summed E-state index contributed by atoms with van der Waals surface area (Å²) in [5.41, 5.74) is 0. The molecular weight excluding hydrogens is 308 g/mol. The van der Waals surface area contributed by atoms with Crippen LogP contribution < -0.4 is 5.32 Å². The molecule has 0 radical (unpaired) electrons. The van der Waals surface area contributed by atoms with Gasteiger partial charge in [0.1, 0.15) is 11.6 Å². The highest BCUT2D eigenvalue weighted by atomic mass is 32.2. The van der Waals surface area contributed by atoms with E-state index in [9.17, 15) is 22.0 Å². The molecule has 0 aliphatic carbocycles. The Labute approximate surface area is 119 Å². The van der Waals surface area contributed by atoms with Crippen molar-refractivity contribution in [1.29, 1.82) is 0 Å². The SMILES string of the molecule is O=C(CSc1ccc(F)cc1F)N[C@@H]1CCS(=O)(=O)C1. The number of thioether (sulfide) groups is 1. The van der Waals surface area contributed by atoms with Crippen molar-refractivity contribution in [3.63, 3.8) is 0 Å². The molecule has 1 atom stereocenters. The molecule has 1 N–H and O–H groups in total. The van der Waals surface area contributed by atoms with E-state index < -0.39 is 21.5 Å². The maximum atomic E-state index is 13.3. The van der Waals surface area contributed by atoms with Crippen molar-refractivity contribution >= 4 is 27.5 Å². The predicted octanol–water partition coefficient (Wildman–Crippen LogP) is 1.36. The summed E-state index contributed by atoms with van der Waals surface area (Å²) >= 11 is 0.944. The molecule has 1 aliphatic rings. The molecule has 2 rings (SSSR count). The van der Waals surface area contributed by atoms with Gasteiger partial charge in [-0.1, -0.05) is 0 Å². The second kappa shape index (κ2) is 6.09. The molecule has 20 heavy (non-hydrogen) atoms. The zero-order chi connectivity index (χ0) is 14.8. The highest BCUT2D eigenvalue weighted by molar-refractivity contribution is 8.00. The summed E-state index contributed by atoms with van der Waals surface area (Å²) in [5, 5.41) is 2.60. The third kappa shape index (κ3) is 4.17. The monoisotopic (exact) mass is 321 g/mol. The molecule has 0 aromatic heterocycles. The molecule has 1 heterocycles. The van der Waals surface area contributed by atoms with Gasteiger partial charge in [0.25, 0.3) is 0 Å². The lowest BCUT2D eigenvalue weighted by Crippen LogP contribution is -2.36. The highest BCUT2D eigenvalue weighted by Gasteiger charge is 2.28. The highest BCUT2D eigenvalue weighted by Crippen LogP contribution is 2.22. The maximum Gasteiger partial charge on any atom is 0.230 e. The topological polar surface area (TPSA) is 63.2 Å². The van der Waals surface area contributed by atoms with Gasteiger partial charge in [-0.2, -0.15) is 0 Å². The van der Waals surface area contributed by atoms with Crippen LogP contribution in [0.2, 0.25) is 0 Å². The molecule has 1 aromatic carbocycles. The lowest BCUT2D eigenvalue weighted by atomic mass is 10.3. The van der Waals surface area contributed by atoms with Gasteiger partial charge in [0.15, 0.2) is 9.84 Å². The first-order valence-corrected chi connectivity index (χ1v) is 8.74. The third-order valence-corrected chi connectivity index (χ3v) is 5.67. The van der Waals surface area contributed by atoms with E-state index in [1.165, 1.54) is 6.07 Å². The Morgan fingerprint density at radius 3 is 2.75 bits per heavy atom. The van der Waals surface area contributed by atoms with Crippen LogP contribution in [-0.4, -0.2) is 37.6 Å².